The predicted molar refractivity (Wildman–Crippen MR) is 82.1 cm³/mol. The van der Waals surface area contributed by atoms with Crippen LogP contribution in [0.1, 0.15) is 11.1 Å². The number of carbonyl (C=O) groups excluding carboxylic acids is 1. The maximum absolute atomic E-state index is 12.1. The Morgan fingerprint density at radius 1 is 0.909 bits per heavy atom. The van der Waals surface area contributed by atoms with Crippen LogP contribution in [0.5, 0.6) is 0 Å². The molecule has 0 spiro atoms. The monoisotopic (exact) mass is 296 g/mol. The van der Waals surface area contributed by atoms with Crippen LogP contribution in [0.15, 0.2) is 72.3 Å². The minimum absolute atomic E-state index is 0.116. The zero-order chi connectivity index (χ0) is 15.8. The van der Waals surface area contributed by atoms with Gasteiger partial charge in [0.1, 0.15) is 6.61 Å². The van der Waals surface area contributed by atoms with E-state index in [2.05, 4.69) is 0 Å². The number of hydrogen-bond donors (Lipinski definition) is 1. The smallest absolute Gasteiger partial charge is 0.334 e. The number of carboxylic acid groups (broad SMARTS) is 1. The molecule has 0 fully saturated rings. The second-order valence-corrected chi connectivity index (χ2v) is 4.73. The Bertz CT molecular complexity index is 660. The number of rotatable bonds is 6. The Balaban J connectivity index is 2.05. The van der Waals surface area contributed by atoms with E-state index < -0.39 is 11.9 Å². The summed E-state index contributed by atoms with van der Waals surface area (Å²) >= 11 is 0. The number of carbonyl (C=O) groups is 2. The van der Waals surface area contributed by atoms with E-state index in [1.165, 1.54) is 0 Å². The van der Waals surface area contributed by atoms with Crippen molar-refractivity contribution in [3.63, 3.8) is 0 Å². The molecule has 4 nitrogen and oxygen atoms in total. The van der Waals surface area contributed by atoms with Crippen molar-refractivity contribution < 1.29 is 19.4 Å². The molecule has 2 rings (SSSR count). The van der Waals surface area contributed by atoms with Crippen LogP contribution in [-0.4, -0.2) is 17.0 Å². The molecule has 0 radical (unpaired) electrons. The van der Waals surface area contributed by atoms with Gasteiger partial charge in [0.15, 0.2) is 0 Å². The Labute approximate surface area is 128 Å². The molecule has 0 saturated heterocycles. The molecule has 0 amide bonds. The molecule has 0 aliphatic heterocycles. The van der Waals surface area contributed by atoms with Crippen LogP contribution in [0.4, 0.5) is 0 Å². The van der Waals surface area contributed by atoms with Crippen molar-refractivity contribution in [2.75, 3.05) is 0 Å². The first-order valence-electron chi connectivity index (χ1n) is 6.83. The van der Waals surface area contributed by atoms with Gasteiger partial charge < -0.3 is 9.84 Å². The maximum Gasteiger partial charge on any atom is 0.334 e. The second kappa shape index (κ2) is 7.78. The molecule has 0 aromatic heterocycles. The number of hydrogen-bond acceptors (Lipinski definition) is 3. The third-order valence-electron chi connectivity index (χ3n) is 3.01. The highest BCUT2D eigenvalue weighted by Crippen LogP contribution is 2.11. The Morgan fingerprint density at radius 3 is 2.00 bits per heavy atom. The van der Waals surface area contributed by atoms with Gasteiger partial charge in [0.2, 0.25) is 0 Å². The van der Waals surface area contributed by atoms with Gasteiger partial charge in [0.05, 0.1) is 0 Å². The highest BCUT2D eigenvalue weighted by molar-refractivity contribution is 5.96. The van der Waals surface area contributed by atoms with Gasteiger partial charge in [-0.2, -0.15) is 0 Å². The molecule has 0 bridgehead atoms. The van der Waals surface area contributed by atoms with Crippen molar-refractivity contribution in [3.8, 4) is 0 Å². The molecule has 2 aromatic carbocycles. The summed E-state index contributed by atoms with van der Waals surface area (Å²) in [4.78, 5) is 23.0. The van der Waals surface area contributed by atoms with Crippen molar-refractivity contribution in [3.05, 3.63) is 83.4 Å². The molecular weight excluding hydrogens is 280 g/mol. The topological polar surface area (TPSA) is 63.6 Å². The Morgan fingerprint density at radius 2 is 1.45 bits per heavy atom. The average molecular weight is 296 g/mol. The number of carboxylic acids is 1. The second-order valence-electron chi connectivity index (χ2n) is 4.73. The summed E-state index contributed by atoms with van der Waals surface area (Å²) in [6.45, 7) is 0.116. The van der Waals surface area contributed by atoms with E-state index in [4.69, 9.17) is 9.84 Å². The van der Waals surface area contributed by atoms with Gasteiger partial charge in [-0.1, -0.05) is 60.7 Å². The minimum atomic E-state index is -1.16. The van der Waals surface area contributed by atoms with Crippen LogP contribution >= 0.6 is 0 Å². The van der Waals surface area contributed by atoms with Gasteiger partial charge in [-0.25, -0.2) is 9.59 Å². The lowest BCUT2D eigenvalue weighted by Gasteiger charge is -2.08. The molecule has 0 atom stereocenters. The zero-order valence-corrected chi connectivity index (χ0v) is 11.9. The molecular formula is C18H16O4. The van der Waals surface area contributed by atoms with E-state index in [-0.39, 0.29) is 18.6 Å². The van der Waals surface area contributed by atoms with E-state index in [9.17, 15) is 9.59 Å². The van der Waals surface area contributed by atoms with Gasteiger partial charge in [-0.3, -0.25) is 0 Å². The number of ether oxygens (including phenoxy) is 1. The first-order valence-corrected chi connectivity index (χ1v) is 6.83. The average Bonchev–Trinajstić information content (AvgIpc) is 2.53. The van der Waals surface area contributed by atoms with Crippen molar-refractivity contribution in [1.82, 2.24) is 0 Å². The van der Waals surface area contributed by atoms with Gasteiger partial charge in [-0.05, 0) is 11.1 Å². The van der Waals surface area contributed by atoms with Crippen LogP contribution in [-0.2, 0) is 27.4 Å². The highest BCUT2D eigenvalue weighted by Gasteiger charge is 2.14. The van der Waals surface area contributed by atoms with Crippen LogP contribution in [0.25, 0.3) is 0 Å². The fraction of sp³-hybridized carbons (Fsp3) is 0.111. The lowest BCUT2D eigenvalue weighted by molar-refractivity contribution is -0.141. The molecule has 1 N–H and O–H groups in total. The van der Waals surface area contributed by atoms with Crippen LogP contribution in [0.3, 0.4) is 0 Å². The fourth-order valence-corrected chi connectivity index (χ4v) is 1.96. The molecule has 4 heteroatoms. The predicted octanol–water partition coefficient (Wildman–Crippen LogP) is 2.98. The van der Waals surface area contributed by atoms with Crippen molar-refractivity contribution in [2.45, 2.75) is 13.0 Å². The van der Waals surface area contributed by atoms with Crippen molar-refractivity contribution in [2.24, 2.45) is 0 Å². The summed E-state index contributed by atoms with van der Waals surface area (Å²) in [6, 6.07) is 18.4. The molecule has 0 unspecified atom stereocenters. The molecule has 2 aromatic rings. The van der Waals surface area contributed by atoms with E-state index >= 15 is 0 Å². The maximum atomic E-state index is 12.1. The van der Waals surface area contributed by atoms with Gasteiger partial charge in [-0.15, -0.1) is 0 Å². The van der Waals surface area contributed by atoms with Gasteiger partial charge in [0, 0.05) is 18.1 Å². The van der Waals surface area contributed by atoms with Crippen LogP contribution in [0.2, 0.25) is 0 Å². The molecule has 0 aliphatic rings. The van der Waals surface area contributed by atoms with E-state index in [0.717, 1.165) is 17.2 Å². The molecule has 112 valence electrons. The largest absolute Gasteiger partial charge is 0.478 e. The summed E-state index contributed by atoms with van der Waals surface area (Å²) in [7, 11) is 0. The van der Waals surface area contributed by atoms with Gasteiger partial charge >= 0.3 is 11.9 Å². The highest BCUT2D eigenvalue weighted by atomic mass is 16.5. The summed E-state index contributed by atoms with van der Waals surface area (Å²) in [5, 5.41) is 8.91. The molecule has 0 heterocycles. The van der Waals surface area contributed by atoms with E-state index in [1.807, 2.05) is 60.7 Å². The van der Waals surface area contributed by atoms with E-state index in [1.54, 1.807) is 0 Å². The lowest BCUT2D eigenvalue weighted by Crippen LogP contribution is -2.12. The third kappa shape index (κ3) is 4.90. The zero-order valence-electron chi connectivity index (χ0n) is 11.9. The Hall–Kier alpha value is -2.88. The van der Waals surface area contributed by atoms with Crippen LogP contribution < -0.4 is 0 Å². The lowest BCUT2D eigenvalue weighted by atomic mass is 10.1. The van der Waals surface area contributed by atoms with Crippen molar-refractivity contribution in [1.29, 1.82) is 0 Å². The molecule has 22 heavy (non-hydrogen) atoms. The first kappa shape index (κ1) is 15.5. The SMILES string of the molecule is O=C(O)/C=C(\Cc1ccccc1)C(=O)OCc1ccccc1. The standard InChI is InChI=1S/C18H16O4/c19-17(20)12-16(11-14-7-3-1-4-8-14)18(21)22-13-15-9-5-2-6-10-15/h1-10,12H,11,13H2,(H,19,20)/b16-12+. The summed E-state index contributed by atoms with van der Waals surface area (Å²) in [6.07, 6.45) is 1.13. The molecule has 0 aliphatic carbocycles. The number of aliphatic carboxylic acids is 1. The number of esters is 1. The van der Waals surface area contributed by atoms with Gasteiger partial charge in [0.25, 0.3) is 0 Å². The van der Waals surface area contributed by atoms with Crippen molar-refractivity contribution >= 4 is 11.9 Å². The number of benzene rings is 2. The summed E-state index contributed by atoms with van der Waals surface area (Å²) in [5.74, 6) is -1.78. The normalized spacial score (nSPS) is 11.0. The van der Waals surface area contributed by atoms with Crippen LogP contribution in [0, 0.1) is 0 Å². The minimum Gasteiger partial charge on any atom is -0.478 e. The third-order valence-corrected chi connectivity index (χ3v) is 3.01. The quantitative estimate of drug-likeness (QED) is 0.657. The fourth-order valence-electron chi connectivity index (χ4n) is 1.96. The Kier molecular flexibility index (Phi) is 5.49. The molecule has 0 saturated carbocycles. The first-order chi connectivity index (χ1) is 10.6. The summed E-state index contributed by atoms with van der Waals surface area (Å²) < 4.78 is 5.19. The van der Waals surface area contributed by atoms with E-state index in [0.29, 0.717) is 0 Å². The summed E-state index contributed by atoms with van der Waals surface area (Å²) in [5.41, 5.74) is 1.83.